The van der Waals surface area contributed by atoms with E-state index in [2.05, 4.69) is 4.90 Å². The maximum absolute atomic E-state index is 13.4. The molecule has 0 atom stereocenters. The highest BCUT2D eigenvalue weighted by molar-refractivity contribution is 7.09. The van der Waals surface area contributed by atoms with Gasteiger partial charge in [-0.05, 0) is 42.0 Å². The van der Waals surface area contributed by atoms with Crippen molar-refractivity contribution >= 4 is 22.9 Å². The molecule has 3 heterocycles. The molecule has 6 rings (SSSR count). The topological polar surface area (TPSA) is 76.6 Å². The Morgan fingerprint density at radius 2 is 1.74 bits per heavy atom. The standard InChI is InChI=1S/C33H33F3N4O5S/c1-42-26-8-7-23(29(16-26)43-2)18-38(17-22-6-9-28-30(14-22)45-21-44-28)19-31-37-27(20-46-31)32(41)40-12-10-39(11-13-40)25-5-3-4-24(15-25)33(34,35)36/h3-9,14-16,20H,10-13,17-19,21H2,1-2H3. The third-order valence-electron chi connectivity index (χ3n) is 7.97. The lowest BCUT2D eigenvalue weighted by atomic mass is 10.1. The maximum atomic E-state index is 13.4. The van der Waals surface area contributed by atoms with Gasteiger partial charge in [0.2, 0.25) is 6.79 Å². The molecule has 2 aliphatic heterocycles. The molecule has 1 fully saturated rings. The molecule has 0 N–H and O–H groups in total. The van der Waals surface area contributed by atoms with Gasteiger partial charge in [0.05, 0.1) is 26.3 Å². The molecule has 9 nitrogen and oxygen atoms in total. The lowest BCUT2D eigenvalue weighted by Crippen LogP contribution is -2.49. The van der Waals surface area contributed by atoms with Crippen LogP contribution in [0.5, 0.6) is 23.0 Å². The summed E-state index contributed by atoms with van der Waals surface area (Å²) in [5, 5.41) is 2.54. The highest BCUT2D eigenvalue weighted by Crippen LogP contribution is 2.34. The van der Waals surface area contributed by atoms with Crippen molar-refractivity contribution in [2.75, 3.05) is 52.1 Å². The zero-order valence-corrected chi connectivity index (χ0v) is 26.2. The van der Waals surface area contributed by atoms with Crippen LogP contribution in [0.15, 0.2) is 66.0 Å². The molecule has 4 aromatic rings. The number of carbonyl (C=O) groups excluding carboxylic acids is 1. The second kappa shape index (κ2) is 13.5. The number of benzene rings is 3. The Balaban J connectivity index is 1.14. The predicted octanol–water partition coefficient (Wildman–Crippen LogP) is 6.07. The normalized spacial score (nSPS) is 14.6. The van der Waals surface area contributed by atoms with Gasteiger partial charge in [0.1, 0.15) is 22.2 Å². The number of nitrogens with zero attached hydrogens (tertiary/aromatic N) is 4. The van der Waals surface area contributed by atoms with E-state index in [0.717, 1.165) is 28.3 Å². The zero-order valence-electron chi connectivity index (χ0n) is 25.4. The third-order valence-corrected chi connectivity index (χ3v) is 8.80. The fourth-order valence-electron chi connectivity index (χ4n) is 5.57. The molecule has 0 bridgehead atoms. The van der Waals surface area contributed by atoms with Crippen molar-refractivity contribution in [2.24, 2.45) is 0 Å². The number of ether oxygens (including phenoxy) is 4. The number of amides is 1. The van der Waals surface area contributed by atoms with Gasteiger partial charge in [-0.1, -0.05) is 18.2 Å². The fourth-order valence-corrected chi connectivity index (χ4v) is 6.38. The highest BCUT2D eigenvalue weighted by atomic mass is 32.1. The van der Waals surface area contributed by atoms with Gasteiger partial charge in [-0.3, -0.25) is 9.69 Å². The molecule has 0 unspecified atom stereocenters. The summed E-state index contributed by atoms with van der Waals surface area (Å²) in [6.45, 7) is 3.42. The van der Waals surface area contributed by atoms with Crippen LogP contribution in [-0.2, 0) is 25.8 Å². The largest absolute Gasteiger partial charge is 0.497 e. The van der Waals surface area contributed by atoms with Crippen molar-refractivity contribution in [3.05, 3.63) is 93.4 Å². The molecular weight excluding hydrogens is 621 g/mol. The number of fused-ring (bicyclic) bond motifs is 1. The van der Waals surface area contributed by atoms with E-state index in [1.807, 2.05) is 41.3 Å². The van der Waals surface area contributed by atoms with Crippen LogP contribution in [0.3, 0.4) is 0 Å². The number of alkyl halides is 3. The highest BCUT2D eigenvalue weighted by Gasteiger charge is 2.31. The Bertz CT molecular complexity index is 1690. The van der Waals surface area contributed by atoms with Crippen molar-refractivity contribution in [3.8, 4) is 23.0 Å². The van der Waals surface area contributed by atoms with Crippen LogP contribution in [0.4, 0.5) is 18.9 Å². The van der Waals surface area contributed by atoms with Crippen LogP contribution in [-0.4, -0.2) is 67.9 Å². The average Bonchev–Trinajstić information content (AvgIpc) is 3.74. The van der Waals surface area contributed by atoms with E-state index in [0.29, 0.717) is 80.2 Å². The van der Waals surface area contributed by atoms with Crippen molar-refractivity contribution in [1.82, 2.24) is 14.8 Å². The smallest absolute Gasteiger partial charge is 0.416 e. The molecule has 46 heavy (non-hydrogen) atoms. The summed E-state index contributed by atoms with van der Waals surface area (Å²) in [6, 6.07) is 16.9. The SMILES string of the molecule is COc1ccc(CN(Cc2ccc3c(c2)OCO3)Cc2nc(C(=O)N3CCN(c4cccc(C(F)(F)F)c4)CC3)cs2)c(OC)c1. The number of carbonyl (C=O) groups is 1. The van der Waals surface area contributed by atoms with Crippen molar-refractivity contribution < 1.29 is 36.9 Å². The molecular formula is C33H33F3N4O5S. The second-order valence-corrected chi connectivity index (χ2v) is 11.9. The molecule has 1 aromatic heterocycles. The Kier molecular flexibility index (Phi) is 9.22. The molecule has 0 saturated carbocycles. The van der Waals surface area contributed by atoms with Gasteiger partial charge in [-0.25, -0.2) is 4.98 Å². The number of piperazine rings is 1. The van der Waals surface area contributed by atoms with Crippen LogP contribution in [0.2, 0.25) is 0 Å². The van der Waals surface area contributed by atoms with Gasteiger partial charge in [-0.15, -0.1) is 11.3 Å². The number of aromatic nitrogens is 1. The van der Waals surface area contributed by atoms with Gasteiger partial charge in [0.15, 0.2) is 11.5 Å². The van der Waals surface area contributed by atoms with Crippen LogP contribution in [0.25, 0.3) is 0 Å². The van der Waals surface area contributed by atoms with Crippen LogP contribution in [0, 0.1) is 0 Å². The Morgan fingerprint density at radius 3 is 2.50 bits per heavy atom. The average molecular weight is 655 g/mol. The summed E-state index contributed by atoms with van der Waals surface area (Å²) < 4.78 is 61.7. The van der Waals surface area contributed by atoms with Gasteiger partial charge in [0, 0.05) is 62.0 Å². The number of hydrogen-bond acceptors (Lipinski definition) is 9. The Morgan fingerprint density at radius 1 is 0.935 bits per heavy atom. The van der Waals surface area contributed by atoms with Gasteiger partial charge in [0.25, 0.3) is 5.91 Å². The van der Waals surface area contributed by atoms with Gasteiger partial charge >= 0.3 is 6.18 Å². The zero-order chi connectivity index (χ0) is 32.3. The summed E-state index contributed by atoms with van der Waals surface area (Å²) in [6.07, 6.45) is -4.41. The van der Waals surface area contributed by atoms with E-state index < -0.39 is 11.7 Å². The van der Waals surface area contributed by atoms with Gasteiger partial charge in [-0.2, -0.15) is 13.2 Å². The minimum absolute atomic E-state index is 0.190. The molecule has 0 spiro atoms. The van der Waals surface area contributed by atoms with Crippen LogP contribution in [0.1, 0.15) is 32.2 Å². The molecule has 1 saturated heterocycles. The number of hydrogen-bond donors (Lipinski definition) is 0. The maximum Gasteiger partial charge on any atom is 0.416 e. The van der Waals surface area contributed by atoms with Crippen LogP contribution < -0.4 is 23.8 Å². The summed E-state index contributed by atoms with van der Waals surface area (Å²) in [5.74, 6) is 2.63. The molecule has 13 heteroatoms. The summed E-state index contributed by atoms with van der Waals surface area (Å²) in [5.41, 5.74) is 2.17. The quantitative estimate of drug-likeness (QED) is 0.204. The van der Waals surface area contributed by atoms with Crippen molar-refractivity contribution in [3.63, 3.8) is 0 Å². The third kappa shape index (κ3) is 7.15. The molecule has 3 aromatic carbocycles. The molecule has 0 aliphatic carbocycles. The Labute approximate surface area is 268 Å². The first-order chi connectivity index (χ1) is 22.2. The monoisotopic (exact) mass is 654 g/mol. The first-order valence-corrected chi connectivity index (χ1v) is 15.6. The van der Waals surface area contributed by atoms with Crippen molar-refractivity contribution in [2.45, 2.75) is 25.8 Å². The minimum atomic E-state index is -4.41. The first-order valence-electron chi connectivity index (χ1n) is 14.7. The van der Waals surface area contributed by atoms with E-state index in [-0.39, 0.29) is 12.7 Å². The summed E-state index contributed by atoms with van der Waals surface area (Å²) in [7, 11) is 3.23. The van der Waals surface area contributed by atoms with Crippen molar-refractivity contribution in [1.29, 1.82) is 0 Å². The first kappa shape index (κ1) is 31.5. The van der Waals surface area contributed by atoms with E-state index >= 15 is 0 Å². The van der Waals surface area contributed by atoms with Crippen LogP contribution >= 0.6 is 11.3 Å². The number of halogens is 3. The summed E-state index contributed by atoms with van der Waals surface area (Å²) >= 11 is 1.42. The van der Waals surface area contributed by atoms with E-state index in [1.54, 1.807) is 30.6 Å². The molecule has 1 amide bonds. The second-order valence-electron chi connectivity index (χ2n) is 11.0. The number of methoxy groups -OCH3 is 2. The fraction of sp³-hybridized carbons (Fsp3) is 0.333. The lowest BCUT2D eigenvalue weighted by Gasteiger charge is -2.36. The predicted molar refractivity (Wildman–Crippen MR) is 167 cm³/mol. The van der Waals surface area contributed by atoms with E-state index in [9.17, 15) is 18.0 Å². The lowest BCUT2D eigenvalue weighted by molar-refractivity contribution is -0.137. The minimum Gasteiger partial charge on any atom is -0.497 e. The number of anilines is 1. The van der Waals surface area contributed by atoms with E-state index in [1.165, 1.54) is 17.4 Å². The molecule has 242 valence electrons. The van der Waals surface area contributed by atoms with Gasteiger partial charge < -0.3 is 28.7 Å². The molecule has 2 aliphatic rings. The Hall–Kier alpha value is -4.49. The summed E-state index contributed by atoms with van der Waals surface area (Å²) in [4.78, 5) is 23.9. The molecule has 0 radical (unpaired) electrons. The number of thiazole rings is 1. The number of rotatable bonds is 10. The van der Waals surface area contributed by atoms with E-state index in [4.69, 9.17) is 23.9 Å².